The predicted molar refractivity (Wildman–Crippen MR) is 221 cm³/mol. The zero-order valence-corrected chi connectivity index (χ0v) is 36.9. The first kappa shape index (κ1) is 39.9. The van der Waals surface area contributed by atoms with Gasteiger partial charge in [-0.1, -0.05) is 0 Å². The van der Waals surface area contributed by atoms with Crippen LogP contribution in [0.15, 0.2) is 109 Å². The van der Waals surface area contributed by atoms with Crippen LogP contribution >= 0.6 is 22.7 Å². The van der Waals surface area contributed by atoms with Crippen LogP contribution in [-0.4, -0.2) is 0 Å². The Morgan fingerprint density at radius 1 is 0.509 bits per heavy atom. The molecule has 4 aromatic carbocycles. The molecule has 2 aromatic heterocycles. The maximum Gasteiger partial charge on any atom is -1.00 e. The maximum absolute atomic E-state index is 2.59. The van der Waals surface area contributed by atoms with E-state index < -0.39 is 23.2 Å². The maximum atomic E-state index is 2.59. The third-order valence-electron chi connectivity index (χ3n) is 10.8. The molecule has 8 rings (SSSR count). The molecule has 268 valence electrons. The Morgan fingerprint density at radius 2 is 0.906 bits per heavy atom. The fourth-order valence-corrected chi connectivity index (χ4v) is 15.3. The number of hydrogen-bond donors (Lipinski definition) is 0. The van der Waals surface area contributed by atoms with Crippen molar-refractivity contribution in [1.29, 1.82) is 0 Å². The number of halogens is 2. The largest absolute Gasteiger partial charge is 1.00 e. The van der Waals surface area contributed by atoms with Crippen LogP contribution in [0.2, 0.25) is 0 Å². The minimum Gasteiger partial charge on any atom is -1.00 e. The van der Waals surface area contributed by atoms with Gasteiger partial charge in [-0.2, -0.15) is 0 Å². The van der Waals surface area contributed by atoms with E-state index in [2.05, 4.69) is 163 Å². The Labute approximate surface area is 348 Å². The van der Waals surface area contributed by atoms with Crippen molar-refractivity contribution in [2.24, 2.45) is 0 Å². The van der Waals surface area contributed by atoms with Gasteiger partial charge in [-0.3, -0.25) is 0 Å². The summed E-state index contributed by atoms with van der Waals surface area (Å²) in [6.45, 7) is 13.7. The summed E-state index contributed by atoms with van der Waals surface area (Å²) in [5, 5.41) is 0. The van der Waals surface area contributed by atoms with Crippen molar-refractivity contribution < 1.29 is 48.0 Å². The Bertz CT molecular complexity index is 2110. The van der Waals surface area contributed by atoms with Gasteiger partial charge in [-0.15, -0.1) is 0 Å². The van der Waals surface area contributed by atoms with Crippen molar-refractivity contribution in [1.82, 2.24) is 0 Å². The van der Waals surface area contributed by atoms with E-state index in [0.717, 1.165) is 12.8 Å². The molecule has 0 bridgehead atoms. The Hall–Kier alpha value is -2.78. The summed E-state index contributed by atoms with van der Waals surface area (Å²) < 4.78 is 0.946. The van der Waals surface area contributed by atoms with Crippen LogP contribution in [0.25, 0.3) is 45.6 Å². The topological polar surface area (TPSA) is 0 Å². The second-order valence-corrected chi connectivity index (χ2v) is 20.6. The van der Waals surface area contributed by atoms with E-state index >= 15 is 0 Å². The molecule has 53 heavy (non-hydrogen) atoms. The van der Waals surface area contributed by atoms with Crippen molar-refractivity contribution in [3.8, 4) is 22.3 Å². The van der Waals surface area contributed by atoms with Gasteiger partial charge in [0.2, 0.25) is 0 Å². The minimum atomic E-state index is -1.19. The molecule has 6 aromatic rings. The van der Waals surface area contributed by atoms with Crippen molar-refractivity contribution in [2.75, 3.05) is 0 Å². The summed E-state index contributed by atoms with van der Waals surface area (Å²) in [6, 6.07) is 42.5. The summed E-state index contributed by atoms with van der Waals surface area (Å²) in [6.07, 6.45) is 7.35. The van der Waals surface area contributed by atoms with Gasteiger partial charge in [0, 0.05) is 0 Å². The van der Waals surface area contributed by atoms with Crippen LogP contribution in [0.1, 0.15) is 114 Å². The summed E-state index contributed by atoms with van der Waals surface area (Å²) in [5.41, 5.74) is 17.3. The van der Waals surface area contributed by atoms with Crippen LogP contribution in [-0.2, 0) is 36.1 Å². The molecule has 0 amide bonds. The normalized spacial score (nSPS) is 15.7. The van der Waals surface area contributed by atoms with Crippen molar-refractivity contribution in [2.45, 2.75) is 73.5 Å². The summed E-state index contributed by atoms with van der Waals surface area (Å²) in [7, 11) is 0. The standard InChI is InChI=1S/2C24H23S.2ClH.Zr/c2*1-4-21-12-13-24(25-21)20-14-19-6-5-7-22(23(19)15-20)18-10-8-17(9-11-18)16(2)3;;;/h2*5-16H,4H2,1-3H3;2*1H;/q;;;;+2/p-2. The van der Waals surface area contributed by atoms with Gasteiger partial charge in [0.05, 0.1) is 0 Å². The monoisotopic (exact) mass is 846 g/mol. The number of thiophene rings is 2. The molecule has 2 aliphatic carbocycles. The van der Waals surface area contributed by atoms with Gasteiger partial charge < -0.3 is 24.8 Å². The van der Waals surface area contributed by atoms with E-state index in [1.807, 2.05) is 22.7 Å². The van der Waals surface area contributed by atoms with E-state index in [-0.39, 0.29) is 24.8 Å². The molecule has 0 aliphatic heterocycles. The van der Waals surface area contributed by atoms with Crippen LogP contribution in [0.3, 0.4) is 0 Å². The van der Waals surface area contributed by atoms with Gasteiger partial charge in [-0.05, 0) is 0 Å². The molecule has 2 aliphatic rings. The van der Waals surface area contributed by atoms with Crippen LogP contribution in [0.4, 0.5) is 0 Å². The van der Waals surface area contributed by atoms with E-state index in [0.29, 0.717) is 19.1 Å². The summed E-state index contributed by atoms with van der Waals surface area (Å²) >= 11 is 2.83. The third-order valence-corrected chi connectivity index (χ3v) is 18.1. The molecular weight excluding hydrogens is 803 g/mol. The molecule has 0 radical (unpaired) electrons. The summed E-state index contributed by atoms with van der Waals surface area (Å²) in [4.78, 5) is 5.87. The van der Waals surface area contributed by atoms with Crippen LogP contribution < -0.4 is 24.8 Å². The number of rotatable bonds is 10. The minimum absolute atomic E-state index is 0. The van der Waals surface area contributed by atoms with Crippen molar-refractivity contribution in [3.05, 3.63) is 162 Å². The molecule has 0 N–H and O–H groups in total. The van der Waals surface area contributed by atoms with Gasteiger partial charge in [0.25, 0.3) is 0 Å². The van der Waals surface area contributed by atoms with E-state index in [9.17, 15) is 0 Å². The smallest absolute Gasteiger partial charge is 1.00 e. The SMILES string of the molecule is CCc1ccc(C2=Cc3c(-c4ccc(C(C)C)cc4)cccc3[CH]2[Zr+2][CH]2C(c3ccc(CC)s3)=Cc3c(-c4ccc(C(C)C)cc4)cccc32)s1.[Cl-].[Cl-]. The van der Waals surface area contributed by atoms with Gasteiger partial charge in [-0.25, -0.2) is 0 Å². The van der Waals surface area contributed by atoms with Crippen LogP contribution in [0.5, 0.6) is 0 Å². The molecule has 2 unspecified atom stereocenters. The van der Waals surface area contributed by atoms with Gasteiger partial charge in [0.1, 0.15) is 0 Å². The average Bonchev–Trinajstić information content (AvgIpc) is 3.97. The predicted octanol–water partition coefficient (Wildman–Crippen LogP) is 8.50. The van der Waals surface area contributed by atoms with Gasteiger partial charge in [0.15, 0.2) is 0 Å². The molecule has 0 nitrogen and oxygen atoms in total. The van der Waals surface area contributed by atoms with E-state index in [4.69, 9.17) is 0 Å². The average molecular weight is 849 g/mol. The van der Waals surface area contributed by atoms with Crippen LogP contribution in [0, 0.1) is 0 Å². The molecule has 2 atom stereocenters. The van der Waals surface area contributed by atoms with Crippen molar-refractivity contribution in [3.63, 3.8) is 0 Å². The Balaban J connectivity index is 0.00000240. The number of fused-ring (bicyclic) bond motifs is 2. The fraction of sp³-hybridized carbons (Fsp3) is 0.250. The molecule has 0 spiro atoms. The number of hydrogen-bond acceptors (Lipinski definition) is 2. The fourth-order valence-electron chi connectivity index (χ4n) is 7.80. The molecule has 5 heteroatoms. The number of allylic oxidation sites excluding steroid dienone is 2. The molecular formula is C48H46Cl2S2Zr. The number of aryl methyl sites for hydroxylation is 2. The molecule has 0 saturated carbocycles. The second-order valence-electron chi connectivity index (χ2n) is 14.6. The molecule has 2 heterocycles. The first-order chi connectivity index (χ1) is 24.8. The second kappa shape index (κ2) is 16.9. The Morgan fingerprint density at radius 3 is 1.25 bits per heavy atom. The van der Waals surface area contributed by atoms with Gasteiger partial charge >= 0.3 is 327 Å². The number of benzene rings is 4. The Kier molecular flexibility index (Phi) is 12.7. The quantitative estimate of drug-likeness (QED) is 0.130. The molecule has 0 saturated heterocycles. The first-order valence-corrected chi connectivity index (χ1v) is 23.1. The molecule has 0 fully saturated rings. The zero-order valence-electron chi connectivity index (χ0n) is 31.3. The zero-order chi connectivity index (χ0) is 35.2. The van der Waals surface area contributed by atoms with E-state index in [1.54, 1.807) is 22.3 Å². The summed E-state index contributed by atoms with van der Waals surface area (Å²) in [5.74, 6) is 1.06. The first-order valence-electron chi connectivity index (χ1n) is 18.7. The van der Waals surface area contributed by atoms with E-state index in [1.165, 1.54) is 64.0 Å². The van der Waals surface area contributed by atoms with Crippen molar-refractivity contribution >= 4 is 46.0 Å². The third kappa shape index (κ3) is 7.72.